The Balaban J connectivity index is 1.82. The first-order valence-electron chi connectivity index (χ1n) is 7.57. The van der Waals surface area contributed by atoms with Gasteiger partial charge in [0.15, 0.2) is 0 Å². The zero-order valence-electron chi connectivity index (χ0n) is 12.3. The molecule has 21 heavy (non-hydrogen) atoms. The van der Waals surface area contributed by atoms with E-state index in [2.05, 4.69) is 4.98 Å². The lowest BCUT2D eigenvalue weighted by molar-refractivity contribution is -0.120. The molecular formula is C15H20N2O3S. The number of nitrogens with zero attached hydrogens (tertiary/aromatic N) is 2. The standard InChI is InChI=1S/C15H20N2O3S/c1-20-15(19)13-16-11-7-2-3-8-17(14(11)21-13)12(18)9-10-5-4-6-10/h10H,2-9H2,1H3. The van der Waals surface area contributed by atoms with E-state index < -0.39 is 5.97 Å². The van der Waals surface area contributed by atoms with Crippen molar-refractivity contribution in [2.75, 3.05) is 18.6 Å². The molecule has 1 amide bonds. The van der Waals surface area contributed by atoms with Crippen molar-refractivity contribution in [3.63, 3.8) is 0 Å². The number of ether oxygens (including phenoxy) is 1. The summed E-state index contributed by atoms with van der Waals surface area (Å²) < 4.78 is 4.74. The van der Waals surface area contributed by atoms with Crippen LogP contribution in [0.4, 0.5) is 5.00 Å². The minimum Gasteiger partial charge on any atom is -0.464 e. The minimum absolute atomic E-state index is 0.183. The van der Waals surface area contributed by atoms with Gasteiger partial charge in [0, 0.05) is 13.0 Å². The fourth-order valence-electron chi connectivity index (χ4n) is 2.85. The SMILES string of the molecule is COC(=O)c1nc2c(s1)N(C(=O)CC1CCC1)CCCC2. The van der Waals surface area contributed by atoms with Crippen LogP contribution in [0.1, 0.15) is 54.0 Å². The lowest BCUT2D eigenvalue weighted by atomic mass is 9.82. The molecule has 0 bridgehead atoms. The Labute approximate surface area is 128 Å². The van der Waals surface area contributed by atoms with Gasteiger partial charge in [-0.05, 0) is 38.0 Å². The molecule has 2 heterocycles. The molecular weight excluding hydrogens is 288 g/mol. The van der Waals surface area contributed by atoms with Crippen LogP contribution in [0.5, 0.6) is 0 Å². The summed E-state index contributed by atoms with van der Waals surface area (Å²) in [7, 11) is 1.36. The van der Waals surface area contributed by atoms with Gasteiger partial charge >= 0.3 is 5.97 Å². The number of rotatable bonds is 3. The number of hydrogen-bond donors (Lipinski definition) is 0. The van der Waals surface area contributed by atoms with E-state index in [1.165, 1.54) is 37.7 Å². The van der Waals surface area contributed by atoms with Crippen molar-refractivity contribution < 1.29 is 14.3 Å². The molecule has 1 fully saturated rings. The number of fused-ring (bicyclic) bond motifs is 1. The van der Waals surface area contributed by atoms with Crippen LogP contribution in [0.15, 0.2) is 0 Å². The van der Waals surface area contributed by atoms with Crippen molar-refractivity contribution in [1.29, 1.82) is 0 Å². The number of thiazole rings is 1. The highest BCUT2D eigenvalue weighted by Crippen LogP contribution is 2.35. The maximum absolute atomic E-state index is 12.6. The molecule has 0 unspecified atom stereocenters. The molecule has 2 aliphatic rings. The minimum atomic E-state index is -0.417. The van der Waals surface area contributed by atoms with Crippen molar-refractivity contribution in [3.8, 4) is 0 Å². The van der Waals surface area contributed by atoms with E-state index in [1.807, 2.05) is 4.90 Å². The summed E-state index contributed by atoms with van der Waals surface area (Å²) in [4.78, 5) is 30.4. The molecule has 5 nitrogen and oxygen atoms in total. The van der Waals surface area contributed by atoms with Crippen LogP contribution >= 0.6 is 11.3 Å². The molecule has 0 atom stereocenters. The number of anilines is 1. The number of hydrogen-bond acceptors (Lipinski definition) is 5. The van der Waals surface area contributed by atoms with Crippen molar-refractivity contribution in [2.24, 2.45) is 5.92 Å². The second-order valence-electron chi connectivity index (χ2n) is 5.77. The largest absolute Gasteiger partial charge is 0.464 e. The van der Waals surface area contributed by atoms with Crippen molar-refractivity contribution in [3.05, 3.63) is 10.7 Å². The van der Waals surface area contributed by atoms with Crippen LogP contribution in [-0.2, 0) is 16.0 Å². The maximum atomic E-state index is 12.6. The maximum Gasteiger partial charge on any atom is 0.367 e. The summed E-state index contributed by atoms with van der Waals surface area (Å²) in [5.41, 5.74) is 0.875. The zero-order chi connectivity index (χ0) is 14.8. The Bertz CT molecular complexity index is 551. The predicted molar refractivity (Wildman–Crippen MR) is 80.7 cm³/mol. The lowest BCUT2D eigenvalue weighted by Crippen LogP contribution is -2.33. The van der Waals surface area contributed by atoms with Crippen LogP contribution in [0.25, 0.3) is 0 Å². The van der Waals surface area contributed by atoms with E-state index in [9.17, 15) is 9.59 Å². The zero-order valence-corrected chi connectivity index (χ0v) is 13.1. The second-order valence-corrected chi connectivity index (χ2v) is 6.74. The summed E-state index contributed by atoms with van der Waals surface area (Å²) in [6.07, 6.45) is 7.04. The Hall–Kier alpha value is -1.43. The average molecular weight is 308 g/mol. The summed E-state index contributed by atoms with van der Waals surface area (Å²) in [5.74, 6) is 0.319. The third kappa shape index (κ3) is 2.95. The van der Waals surface area contributed by atoms with Crippen LogP contribution in [-0.4, -0.2) is 30.5 Å². The third-order valence-corrected chi connectivity index (χ3v) is 5.42. The van der Waals surface area contributed by atoms with Gasteiger partial charge in [-0.25, -0.2) is 9.78 Å². The smallest absolute Gasteiger partial charge is 0.367 e. The number of carbonyl (C=O) groups excluding carboxylic acids is 2. The van der Waals surface area contributed by atoms with Crippen LogP contribution in [0, 0.1) is 5.92 Å². The molecule has 1 aliphatic carbocycles. The first kappa shape index (κ1) is 14.5. The normalized spacial score (nSPS) is 18.6. The van der Waals surface area contributed by atoms with Crippen molar-refractivity contribution in [2.45, 2.75) is 44.9 Å². The summed E-state index contributed by atoms with van der Waals surface area (Å²) in [5, 5.41) is 1.21. The number of aryl methyl sites for hydroxylation is 1. The van der Waals surface area contributed by atoms with E-state index in [-0.39, 0.29) is 5.91 Å². The molecule has 6 heteroatoms. The Kier molecular flexibility index (Phi) is 4.24. The van der Waals surface area contributed by atoms with E-state index >= 15 is 0 Å². The topological polar surface area (TPSA) is 59.5 Å². The van der Waals surface area contributed by atoms with Gasteiger partial charge in [0.2, 0.25) is 10.9 Å². The fraction of sp³-hybridized carbons (Fsp3) is 0.667. The number of carbonyl (C=O) groups is 2. The van der Waals surface area contributed by atoms with Crippen LogP contribution < -0.4 is 4.90 Å². The Morgan fingerprint density at radius 1 is 1.33 bits per heavy atom. The Morgan fingerprint density at radius 3 is 2.81 bits per heavy atom. The molecule has 1 aromatic heterocycles. The van der Waals surface area contributed by atoms with E-state index in [4.69, 9.17) is 4.74 Å². The molecule has 0 aromatic carbocycles. The summed E-state index contributed by atoms with van der Waals surface area (Å²) >= 11 is 1.29. The molecule has 0 radical (unpaired) electrons. The second kappa shape index (κ2) is 6.13. The molecule has 114 valence electrons. The van der Waals surface area contributed by atoms with Gasteiger partial charge in [0.05, 0.1) is 12.8 Å². The third-order valence-electron chi connectivity index (χ3n) is 4.32. The highest BCUT2D eigenvalue weighted by molar-refractivity contribution is 7.17. The lowest BCUT2D eigenvalue weighted by Gasteiger charge is -2.28. The van der Waals surface area contributed by atoms with E-state index in [1.54, 1.807) is 0 Å². The quantitative estimate of drug-likeness (QED) is 0.806. The monoisotopic (exact) mass is 308 g/mol. The Morgan fingerprint density at radius 2 is 2.14 bits per heavy atom. The van der Waals surface area contributed by atoms with Gasteiger partial charge < -0.3 is 9.64 Å². The van der Waals surface area contributed by atoms with Gasteiger partial charge in [-0.1, -0.05) is 17.8 Å². The average Bonchev–Trinajstić information content (AvgIpc) is 2.76. The highest BCUT2D eigenvalue weighted by Gasteiger charge is 2.29. The fourth-order valence-corrected chi connectivity index (χ4v) is 3.92. The van der Waals surface area contributed by atoms with E-state index in [0.717, 1.165) is 36.5 Å². The summed E-state index contributed by atoms with van der Waals surface area (Å²) in [6.45, 7) is 0.737. The number of methoxy groups -OCH3 is 1. The van der Waals surface area contributed by atoms with Gasteiger partial charge in [-0.3, -0.25) is 4.79 Å². The van der Waals surface area contributed by atoms with Crippen LogP contribution in [0.3, 0.4) is 0 Å². The molecule has 1 saturated carbocycles. The first-order chi connectivity index (χ1) is 10.2. The van der Waals surface area contributed by atoms with Gasteiger partial charge in [0.1, 0.15) is 5.00 Å². The molecule has 0 saturated heterocycles. The number of aromatic nitrogens is 1. The van der Waals surface area contributed by atoms with E-state index in [0.29, 0.717) is 17.3 Å². The molecule has 1 aromatic rings. The van der Waals surface area contributed by atoms with Gasteiger partial charge in [-0.15, -0.1) is 0 Å². The van der Waals surface area contributed by atoms with Crippen LogP contribution in [0.2, 0.25) is 0 Å². The van der Waals surface area contributed by atoms with Gasteiger partial charge in [-0.2, -0.15) is 0 Å². The molecule has 0 N–H and O–H groups in total. The van der Waals surface area contributed by atoms with Gasteiger partial charge in [0.25, 0.3) is 0 Å². The number of amides is 1. The summed E-state index contributed by atoms with van der Waals surface area (Å²) in [6, 6.07) is 0. The molecule has 1 aliphatic heterocycles. The predicted octanol–water partition coefficient (Wildman–Crippen LogP) is 2.79. The molecule has 0 spiro atoms. The number of esters is 1. The highest BCUT2D eigenvalue weighted by atomic mass is 32.1. The van der Waals surface area contributed by atoms with Crippen molar-refractivity contribution in [1.82, 2.24) is 4.98 Å². The first-order valence-corrected chi connectivity index (χ1v) is 8.39. The van der Waals surface area contributed by atoms with Crippen molar-refractivity contribution >= 4 is 28.2 Å². The molecule has 3 rings (SSSR count).